The summed E-state index contributed by atoms with van der Waals surface area (Å²) in [5.74, 6) is -2.40. The number of nitrogens with zero attached hydrogens (tertiary/aromatic N) is 5. The van der Waals surface area contributed by atoms with Gasteiger partial charge in [0.05, 0.1) is 11.9 Å². The van der Waals surface area contributed by atoms with E-state index in [0.29, 0.717) is 28.7 Å². The number of nitrogen functional groups attached to an aromatic ring is 1. The van der Waals surface area contributed by atoms with E-state index in [9.17, 15) is 22.8 Å². The second kappa shape index (κ2) is 9.61. The molecule has 38 heavy (non-hydrogen) atoms. The number of benzene rings is 2. The fraction of sp³-hybridized carbons (Fsp3) is 0.192. The lowest BCUT2D eigenvalue weighted by Gasteiger charge is -2.38. The number of carbonyl (C=O) groups is 2. The summed E-state index contributed by atoms with van der Waals surface area (Å²) < 4.78 is 41.2. The van der Waals surface area contributed by atoms with Gasteiger partial charge in [0.15, 0.2) is 0 Å². The number of amides is 2. The van der Waals surface area contributed by atoms with Crippen LogP contribution >= 0.6 is 0 Å². The molecular weight excluding hydrogens is 499 g/mol. The third kappa shape index (κ3) is 4.44. The van der Waals surface area contributed by atoms with E-state index in [-0.39, 0.29) is 6.54 Å². The van der Waals surface area contributed by atoms with Crippen molar-refractivity contribution in [1.29, 1.82) is 0 Å². The average molecular weight is 522 g/mol. The molecule has 2 aromatic heterocycles. The van der Waals surface area contributed by atoms with Crippen molar-refractivity contribution in [2.75, 3.05) is 17.2 Å². The summed E-state index contributed by atoms with van der Waals surface area (Å²) in [5.41, 5.74) is 7.20. The van der Waals surface area contributed by atoms with Crippen LogP contribution in [0.4, 0.5) is 24.7 Å². The molecule has 0 saturated carbocycles. The lowest BCUT2D eigenvalue weighted by atomic mass is 9.82. The Balaban J connectivity index is 1.62. The van der Waals surface area contributed by atoms with Crippen LogP contribution < -0.4 is 16.0 Å². The maximum absolute atomic E-state index is 13.9. The highest BCUT2D eigenvalue weighted by Gasteiger charge is 2.44. The minimum absolute atomic E-state index is 0.250. The van der Waals surface area contributed by atoms with Crippen molar-refractivity contribution in [1.82, 2.24) is 25.1 Å². The minimum atomic E-state index is -4.76. The molecule has 0 fully saturated rings. The zero-order valence-electron chi connectivity index (χ0n) is 20.1. The zero-order chi connectivity index (χ0) is 27.0. The van der Waals surface area contributed by atoms with Gasteiger partial charge in [0.25, 0.3) is 11.8 Å². The molecule has 2 amide bonds. The molecule has 0 bridgehead atoms. The molecule has 2 aromatic carbocycles. The van der Waals surface area contributed by atoms with Gasteiger partial charge in [-0.2, -0.15) is 18.3 Å². The minimum Gasteiger partial charge on any atom is -0.399 e. The van der Waals surface area contributed by atoms with Crippen LogP contribution in [0.1, 0.15) is 40.3 Å². The van der Waals surface area contributed by atoms with E-state index >= 15 is 0 Å². The van der Waals surface area contributed by atoms with Crippen LogP contribution in [0.25, 0.3) is 5.69 Å². The van der Waals surface area contributed by atoms with Crippen molar-refractivity contribution >= 4 is 23.3 Å². The van der Waals surface area contributed by atoms with E-state index in [4.69, 9.17) is 5.73 Å². The highest BCUT2D eigenvalue weighted by Crippen LogP contribution is 2.41. The Hall–Kier alpha value is -4.74. The molecule has 3 N–H and O–H groups in total. The SMILES string of the molecule is CCN1C(=O)[C@@H](NC(=O)c2nccc(C(F)(F)F)n2)[C@H](c2cccc(N)c2)c2cnn(-c3ccccc3)c21. The fourth-order valence-corrected chi connectivity index (χ4v) is 4.60. The van der Waals surface area contributed by atoms with Gasteiger partial charge in [-0.15, -0.1) is 0 Å². The number of alkyl halides is 3. The summed E-state index contributed by atoms with van der Waals surface area (Å²) >= 11 is 0. The lowest BCUT2D eigenvalue weighted by molar-refractivity contribution is -0.141. The summed E-state index contributed by atoms with van der Waals surface area (Å²) in [7, 11) is 0. The highest BCUT2D eigenvalue weighted by atomic mass is 19.4. The van der Waals surface area contributed by atoms with Gasteiger partial charge in [0.1, 0.15) is 17.6 Å². The second-order valence-corrected chi connectivity index (χ2v) is 8.62. The number of halogens is 3. The van der Waals surface area contributed by atoms with Crippen LogP contribution in [-0.2, 0) is 11.0 Å². The largest absolute Gasteiger partial charge is 0.433 e. The first-order valence-corrected chi connectivity index (χ1v) is 11.7. The van der Waals surface area contributed by atoms with Crippen molar-refractivity contribution in [3.63, 3.8) is 0 Å². The molecular formula is C26H22F3N7O2. The highest BCUT2D eigenvalue weighted by molar-refractivity contribution is 6.04. The summed E-state index contributed by atoms with van der Waals surface area (Å²) in [6.07, 6.45) is -2.29. The smallest absolute Gasteiger partial charge is 0.399 e. The van der Waals surface area contributed by atoms with E-state index in [0.717, 1.165) is 11.9 Å². The number of nitrogens with one attached hydrogen (secondary N) is 1. The maximum Gasteiger partial charge on any atom is 0.433 e. The monoisotopic (exact) mass is 521 g/mol. The predicted molar refractivity (Wildman–Crippen MR) is 133 cm³/mol. The Bertz CT molecular complexity index is 1500. The van der Waals surface area contributed by atoms with Gasteiger partial charge < -0.3 is 11.1 Å². The first-order chi connectivity index (χ1) is 18.2. The van der Waals surface area contributed by atoms with Gasteiger partial charge >= 0.3 is 6.18 Å². The predicted octanol–water partition coefficient (Wildman–Crippen LogP) is 3.56. The molecule has 1 aliphatic rings. The first kappa shape index (κ1) is 24.9. The molecule has 0 saturated heterocycles. The number of hydrogen-bond donors (Lipinski definition) is 2. The molecule has 1 aliphatic heterocycles. The summed E-state index contributed by atoms with van der Waals surface area (Å²) in [6, 6.07) is 15.6. The average Bonchev–Trinajstić information content (AvgIpc) is 3.33. The maximum atomic E-state index is 13.9. The molecule has 12 heteroatoms. The van der Waals surface area contributed by atoms with Crippen molar-refractivity contribution in [3.8, 4) is 5.69 Å². The van der Waals surface area contributed by atoms with Gasteiger partial charge in [-0.3, -0.25) is 14.5 Å². The van der Waals surface area contributed by atoms with Gasteiger partial charge in [-0.05, 0) is 42.8 Å². The van der Waals surface area contributed by atoms with Crippen LogP contribution in [-0.4, -0.2) is 44.1 Å². The molecule has 5 rings (SSSR count). The van der Waals surface area contributed by atoms with Crippen molar-refractivity contribution < 1.29 is 22.8 Å². The number of anilines is 2. The number of carbonyl (C=O) groups excluding carboxylic acids is 2. The van der Waals surface area contributed by atoms with Crippen LogP contribution in [0.15, 0.2) is 73.1 Å². The lowest BCUT2D eigenvalue weighted by Crippen LogP contribution is -2.55. The van der Waals surface area contributed by atoms with Gasteiger partial charge in [0, 0.05) is 29.9 Å². The van der Waals surface area contributed by atoms with Crippen LogP contribution in [0.2, 0.25) is 0 Å². The number of fused-ring (bicyclic) bond motifs is 1. The normalized spacial score (nSPS) is 17.3. The van der Waals surface area contributed by atoms with Crippen LogP contribution in [0, 0.1) is 0 Å². The van der Waals surface area contributed by atoms with Crippen molar-refractivity contribution in [3.05, 3.63) is 95.7 Å². The summed E-state index contributed by atoms with van der Waals surface area (Å²) in [4.78, 5) is 35.5. The Labute approximate surface area is 215 Å². The molecule has 0 aliphatic carbocycles. The number of rotatable bonds is 5. The third-order valence-electron chi connectivity index (χ3n) is 6.25. The Morgan fingerprint density at radius 3 is 2.55 bits per heavy atom. The fourth-order valence-electron chi connectivity index (χ4n) is 4.60. The standard InChI is InChI=1S/C26H22F3N7O2/c1-2-35-24-18(14-32-36(24)17-9-4-3-5-10-17)20(15-7-6-8-16(30)13-15)21(25(35)38)34-23(37)22-31-12-11-19(33-22)26(27,28)29/h3-14,20-21H,2,30H2,1H3,(H,34,37)/t20-,21+/m1/s1. The Kier molecular flexibility index (Phi) is 6.31. The topological polar surface area (TPSA) is 119 Å². The van der Waals surface area contributed by atoms with E-state index in [1.165, 1.54) is 4.90 Å². The van der Waals surface area contributed by atoms with Gasteiger partial charge in [0.2, 0.25) is 5.82 Å². The summed E-state index contributed by atoms with van der Waals surface area (Å²) in [6.45, 7) is 2.03. The van der Waals surface area contributed by atoms with E-state index in [1.807, 2.05) is 30.3 Å². The quantitative estimate of drug-likeness (QED) is 0.388. The molecule has 0 radical (unpaired) electrons. The zero-order valence-corrected chi connectivity index (χ0v) is 20.1. The number of hydrogen-bond acceptors (Lipinski definition) is 6. The molecule has 0 unspecified atom stereocenters. The molecule has 9 nitrogen and oxygen atoms in total. The molecule has 0 spiro atoms. The molecule has 4 aromatic rings. The third-order valence-corrected chi connectivity index (χ3v) is 6.25. The first-order valence-electron chi connectivity index (χ1n) is 11.7. The van der Waals surface area contributed by atoms with Crippen molar-refractivity contribution in [2.45, 2.75) is 25.1 Å². The number of para-hydroxylation sites is 1. The number of likely N-dealkylation sites (N-methyl/N-ethyl adjacent to an activating group) is 1. The number of nitrogens with two attached hydrogens (primary N) is 1. The van der Waals surface area contributed by atoms with E-state index < -0.39 is 41.5 Å². The molecule has 2 atom stereocenters. The Morgan fingerprint density at radius 1 is 1.11 bits per heavy atom. The summed E-state index contributed by atoms with van der Waals surface area (Å²) in [5, 5.41) is 7.12. The van der Waals surface area contributed by atoms with E-state index in [1.54, 1.807) is 42.1 Å². The molecule has 3 heterocycles. The van der Waals surface area contributed by atoms with Crippen molar-refractivity contribution in [2.24, 2.45) is 0 Å². The number of aromatic nitrogens is 4. The van der Waals surface area contributed by atoms with Crippen LogP contribution in [0.5, 0.6) is 0 Å². The Morgan fingerprint density at radius 2 is 1.87 bits per heavy atom. The van der Waals surface area contributed by atoms with Gasteiger partial charge in [-0.1, -0.05) is 30.3 Å². The molecule has 194 valence electrons. The van der Waals surface area contributed by atoms with E-state index in [2.05, 4.69) is 20.4 Å². The van der Waals surface area contributed by atoms with Crippen LogP contribution in [0.3, 0.4) is 0 Å². The van der Waals surface area contributed by atoms with Gasteiger partial charge in [-0.25, -0.2) is 14.6 Å². The second-order valence-electron chi connectivity index (χ2n) is 8.62.